The van der Waals surface area contributed by atoms with Crippen molar-refractivity contribution in [3.63, 3.8) is 0 Å². The Kier molecular flexibility index (Phi) is 2.50. The highest BCUT2D eigenvalue weighted by atomic mass is 14.7. The smallest absolute Gasteiger partial charge is 0.0459 e. The molecule has 3 rings (SSSR count). The summed E-state index contributed by atoms with van der Waals surface area (Å²) in [4.78, 5) is 3.68. The summed E-state index contributed by atoms with van der Waals surface area (Å²) in [6.45, 7) is 7.06. The van der Waals surface area contributed by atoms with Crippen molar-refractivity contribution in [2.24, 2.45) is 5.92 Å². The molecule has 0 saturated heterocycles. The normalized spacial score (nSPS) is 24.2. The van der Waals surface area contributed by atoms with E-state index < -0.39 is 0 Å². The molecule has 1 N–H and O–H groups in total. The van der Waals surface area contributed by atoms with Gasteiger partial charge in [0.25, 0.3) is 0 Å². The van der Waals surface area contributed by atoms with E-state index in [2.05, 4.69) is 50.0 Å². The van der Waals surface area contributed by atoms with Crippen LogP contribution in [-0.4, -0.2) is 4.98 Å². The molecule has 1 aromatic heterocycles. The van der Waals surface area contributed by atoms with E-state index in [9.17, 15) is 0 Å². The van der Waals surface area contributed by atoms with Crippen LogP contribution < -0.4 is 0 Å². The van der Waals surface area contributed by atoms with Gasteiger partial charge in [-0.1, -0.05) is 39.0 Å². The fraction of sp³-hybridized carbons (Fsp3) is 0.500. The minimum atomic E-state index is 0.705. The van der Waals surface area contributed by atoms with Gasteiger partial charge in [-0.25, -0.2) is 0 Å². The van der Waals surface area contributed by atoms with E-state index in [1.807, 2.05) is 0 Å². The van der Waals surface area contributed by atoms with Crippen LogP contribution in [0.5, 0.6) is 0 Å². The van der Waals surface area contributed by atoms with Crippen LogP contribution >= 0.6 is 0 Å². The summed E-state index contributed by atoms with van der Waals surface area (Å²) in [7, 11) is 0. The molecule has 0 bridgehead atoms. The van der Waals surface area contributed by atoms with Crippen LogP contribution in [0, 0.1) is 5.92 Å². The van der Waals surface area contributed by atoms with Crippen molar-refractivity contribution in [2.45, 2.75) is 45.4 Å². The van der Waals surface area contributed by atoms with Crippen LogP contribution in [0.3, 0.4) is 0 Å². The van der Waals surface area contributed by atoms with E-state index in [-0.39, 0.29) is 0 Å². The average molecular weight is 227 g/mol. The van der Waals surface area contributed by atoms with E-state index in [4.69, 9.17) is 0 Å². The first-order valence-corrected chi connectivity index (χ1v) is 6.79. The van der Waals surface area contributed by atoms with Crippen molar-refractivity contribution < 1.29 is 0 Å². The first-order chi connectivity index (χ1) is 8.18. The summed E-state index contributed by atoms with van der Waals surface area (Å²) in [5, 5.41) is 1.44. The van der Waals surface area contributed by atoms with Crippen LogP contribution in [0.1, 0.15) is 56.7 Å². The van der Waals surface area contributed by atoms with Gasteiger partial charge in [0, 0.05) is 22.5 Å². The SMILES string of the molecule is CC1CCC(C(C)C)c2[nH]c3ccccc3c21. The first kappa shape index (κ1) is 10.9. The molecule has 1 aromatic carbocycles. The van der Waals surface area contributed by atoms with Gasteiger partial charge in [0.05, 0.1) is 0 Å². The molecule has 0 spiro atoms. The van der Waals surface area contributed by atoms with Gasteiger partial charge in [-0.3, -0.25) is 0 Å². The van der Waals surface area contributed by atoms with Gasteiger partial charge in [0.2, 0.25) is 0 Å². The highest BCUT2D eigenvalue weighted by molar-refractivity contribution is 5.85. The second-order valence-corrected chi connectivity index (χ2v) is 5.83. The van der Waals surface area contributed by atoms with Gasteiger partial charge < -0.3 is 4.98 Å². The molecule has 2 atom stereocenters. The molecule has 17 heavy (non-hydrogen) atoms. The van der Waals surface area contributed by atoms with Crippen molar-refractivity contribution in [2.75, 3.05) is 0 Å². The Morgan fingerprint density at radius 3 is 2.71 bits per heavy atom. The predicted molar refractivity (Wildman–Crippen MR) is 73.5 cm³/mol. The van der Waals surface area contributed by atoms with E-state index >= 15 is 0 Å². The van der Waals surface area contributed by atoms with Crippen molar-refractivity contribution >= 4 is 10.9 Å². The summed E-state index contributed by atoms with van der Waals surface area (Å²) >= 11 is 0. The van der Waals surface area contributed by atoms with E-state index in [1.54, 1.807) is 5.56 Å². The number of aromatic nitrogens is 1. The molecule has 0 aliphatic heterocycles. The third-order valence-corrected chi connectivity index (χ3v) is 4.36. The minimum absolute atomic E-state index is 0.705. The zero-order valence-corrected chi connectivity index (χ0v) is 11.0. The largest absolute Gasteiger partial charge is 0.358 e. The van der Waals surface area contributed by atoms with Gasteiger partial charge >= 0.3 is 0 Å². The standard InChI is InChI=1S/C16H21N/c1-10(2)12-9-8-11(3)15-13-6-4-5-7-14(13)17-16(12)15/h4-7,10-12,17H,8-9H2,1-3H3. The van der Waals surface area contributed by atoms with E-state index in [1.165, 1.54) is 29.4 Å². The number of nitrogens with one attached hydrogen (secondary N) is 1. The number of H-pyrrole nitrogens is 1. The Morgan fingerprint density at radius 2 is 1.94 bits per heavy atom. The average Bonchev–Trinajstić information content (AvgIpc) is 2.68. The Balaban J connectivity index is 2.24. The van der Waals surface area contributed by atoms with Gasteiger partial charge in [0.1, 0.15) is 0 Å². The molecular formula is C16H21N. The molecule has 0 radical (unpaired) electrons. The molecule has 0 fully saturated rings. The van der Waals surface area contributed by atoms with Crippen LogP contribution in [-0.2, 0) is 0 Å². The third-order valence-electron chi connectivity index (χ3n) is 4.36. The number of hydrogen-bond donors (Lipinski definition) is 1. The van der Waals surface area contributed by atoms with Crippen LogP contribution in [0.4, 0.5) is 0 Å². The maximum atomic E-state index is 3.68. The Labute approximate surface area is 103 Å². The second-order valence-electron chi connectivity index (χ2n) is 5.83. The molecule has 2 aromatic rings. The topological polar surface area (TPSA) is 15.8 Å². The highest BCUT2D eigenvalue weighted by Gasteiger charge is 2.29. The maximum Gasteiger partial charge on any atom is 0.0459 e. The van der Waals surface area contributed by atoms with Crippen molar-refractivity contribution in [3.05, 3.63) is 35.5 Å². The van der Waals surface area contributed by atoms with E-state index in [0.29, 0.717) is 11.8 Å². The molecule has 2 unspecified atom stereocenters. The first-order valence-electron chi connectivity index (χ1n) is 6.79. The van der Waals surface area contributed by atoms with Gasteiger partial charge in [-0.05, 0) is 36.3 Å². The molecule has 1 aliphatic carbocycles. The summed E-state index contributed by atoms with van der Waals surface area (Å²) in [5.74, 6) is 2.15. The molecule has 1 heteroatoms. The Hall–Kier alpha value is -1.24. The molecule has 1 heterocycles. The fourth-order valence-corrected chi connectivity index (χ4v) is 3.39. The number of hydrogen-bond acceptors (Lipinski definition) is 0. The van der Waals surface area contributed by atoms with Crippen molar-refractivity contribution in [3.8, 4) is 0 Å². The molecule has 90 valence electrons. The molecule has 0 saturated carbocycles. The maximum absolute atomic E-state index is 3.68. The summed E-state index contributed by atoms with van der Waals surface area (Å²) in [5.41, 5.74) is 4.42. The van der Waals surface area contributed by atoms with E-state index in [0.717, 1.165) is 5.92 Å². The summed E-state index contributed by atoms with van der Waals surface area (Å²) in [6.07, 6.45) is 2.66. The van der Waals surface area contributed by atoms with Crippen LogP contribution in [0.25, 0.3) is 10.9 Å². The van der Waals surface area contributed by atoms with Crippen LogP contribution in [0.15, 0.2) is 24.3 Å². The lowest BCUT2D eigenvalue weighted by atomic mass is 9.76. The number of fused-ring (bicyclic) bond motifs is 3. The third kappa shape index (κ3) is 1.60. The predicted octanol–water partition coefficient (Wildman–Crippen LogP) is 4.80. The van der Waals surface area contributed by atoms with Crippen LogP contribution in [0.2, 0.25) is 0 Å². The lowest BCUT2D eigenvalue weighted by Crippen LogP contribution is -2.16. The number of benzene rings is 1. The molecule has 1 nitrogen and oxygen atoms in total. The molecular weight excluding hydrogens is 206 g/mol. The van der Waals surface area contributed by atoms with Gasteiger partial charge in [-0.15, -0.1) is 0 Å². The molecule has 0 amide bonds. The van der Waals surface area contributed by atoms with Crippen molar-refractivity contribution in [1.82, 2.24) is 4.98 Å². The van der Waals surface area contributed by atoms with Crippen molar-refractivity contribution in [1.29, 1.82) is 0 Å². The lowest BCUT2D eigenvalue weighted by molar-refractivity contribution is 0.405. The minimum Gasteiger partial charge on any atom is -0.358 e. The van der Waals surface area contributed by atoms with Gasteiger partial charge in [-0.2, -0.15) is 0 Å². The lowest BCUT2D eigenvalue weighted by Gasteiger charge is -2.29. The summed E-state index contributed by atoms with van der Waals surface area (Å²) < 4.78 is 0. The van der Waals surface area contributed by atoms with Gasteiger partial charge in [0.15, 0.2) is 0 Å². The zero-order valence-electron chi connectivity index (χ0n) is 11.0. The summed E-state index contributed by atoms with van der Waals surface area (Å²) in [6, 6.07) is 8.75. The zero-order chi connectivity index (χ0) is 12.0. The number of para-hydroxylation sites is 1. The Morgan fingerprint density at radius 1 is 1.18 bits per heavy atom. The highest BCUT2D eigenvalue weighted by Crippen LogP contribution is 2.44. The second kappa shape index (κ2) is 3.90. The molecule has 1 aliphatic rings. The monoisotopic (exact) mass is 227 g/mol. The fourth-order valence-electron chi connectivity index (χ4n) is 3.39. The Bertz CT molecular complexity index is 535. The quantitative estimate of drug-likeness (QED) is 0.720. The number of aromatic amines is 1. The number of rotatable bonds is 1.